The molecule has 0 bridgehead atoms. The molecule has 0 radical (unpaired) electrons. The quantitative estimate of drug-likeness (QED) is 0.834. The van der Waals surface area contributed by atoms with E-state index >= 15 is 0 Å². The van der Waals surface area contributed by atoms with Gasteiger partial charge in [-0.15, -0.1) is 0 Å². The SMILES string of the molecule is N#Cc1ccccc1N1CCCN(CC(=O)Nc2ccc(Br)cc2)CC1. The van der Waals surface area contributed by atoms with Gasteiger partial charge in [-0.2, -0.15) is 5.26 Å². The first-order valence-electron chi connectivity index (χ1n) is 8.67. The average molecular weight is 413 g/mol. The average Bonchev–Trinajstić information content (AvgIpc) is 2.89. The van der Waals surface area contributed by atoms with E-state index in [1.807, 2.05) is 48.5 Å². The largest absolute Gasteiger partial charge is 0.369 e. The summed E-state index contributed by atoms with van der Waals surface area (Å²) in [6.45, 7) is 3.75. The van der Waals surface area contributed by atoms with Gasteiger partial charge in [-0.25, -0.2) is 0 Å². The highest BCUT2D eigenvalue weighted by atomic mass is 79.9. The normalized spacial score (nSPS) is 15.2. The van der Waals surface area contributed by atoms with E-state index in [2.05, 4.69) is 37.1 Å². The molecule has 0 aromatic heterocycles. The smallest absolute Gasteiger partial charge is 0.238 e. The number of amides is 1. The Balaban J connectivity index is 1.56. The van der Waals surface area contributed by atoms with E-state index in [0.717, 1.165) is 48.4 Å². The Hall–Kier alpha value is -2.36. The molecule has 2 aromatic carbocycles. The molecule has 1 N–H and O–H groups in total. The molecule has 5 nitrogen and oxygen atoms in total. The summed E-state index contributed by atoms with van der Waals surface area (Å²) in [4.78, 5) is 16.7. The Labute approximate surface area is 162 Å². The molecule has 134 valence electrons. The van der Waals surface area contributed by atoms with Crippen molar-refractivity contribution >= 4 is 33.2 Å². The van der Waals surface area contributed by atoms with E-state index in [0.29, 0.717) is 12.1 Å². The zero-order valence-corrected chi connectivity index (χ0v) is 16.1. The topological polar surface area (TPSA) is 59.4 Å². The van der Waals surface area contributed by atoms with Crippen LogP contribution in [0.5, 0.6) is 0 Å². The third kappa shape index (κ3) is 4.84. The summed E-state index contributed by atoms with van der Waals surface area (Å²) < 4.78 is 0.987. The number of carbonyl (C=O) groups is 1. The Morgan fingerprint density at radius 1 is 1.08 bits per heavy atom. The maximum Gasteiger partial charge on any atom is 0.238 e. The fraction of sp³-hybridized carbons (Fsp3) is 0.300. The van der Waals surface area contributed by atoms with Crippen molar-refractivity contribution in [3.63, 3.8) is 0 Å². The predicted molar refractivity (Wildman–Crippen MR) is 107 cm³/mol. The van der Waals surface area contributed by atoms with Gasteiger partial charge >= 0.3 is 0 Å². The number of para-hydroxylation sites is 1. The summed E-state index contributed by atoms with van der Waals surface area (Å²) >= 11 is 3.39. The second-order valence-corrected chi connectivity index (χ2v) is 7.22. The van der Waals surface area contributed by atoms with Crippen molar-refractivity contribution in [2.45, 2.75) is 6.42 Å². The van der Waals surface area contributed by atoms with Crippen LogP contribution in [0.3, 0.4) is 0 Å². The zero-order valence-electron chi connectivity index (χ0n) is 14.5. The number of benzene rings is 2. The summed E-state index contributed by atoms with van der Waals surface area (Å²) in [5.74, 6) is -0.00167. The van der Waals surface area contributed by atoms with Gasteiger partial charge in [-0.05, 0) is 42.8 Å². The molecule has 1 aliphatic rings. The van der Waals surface area contributed by atoms with Crippen LogP contribution in [-0.4, -0.2) is 43.5 Å². The van der Waals surface area contributed by atoms with Crippen LogP contribution < -0.4 is 10.2 Å². The first-order valence-corrected chi connectivity index (χ1v) is 9.47. The fourth-order valence-electron chi connectivity index (χ4n) is 3.15. The Bertz CT molecular complexity index is 800. The number of rotatable bonds is 4. The summed E-state index contributed by atoms with van der Waals surface area (Å²) in [5.41, 5.74) is 2.49. The highest BCUT2D eigenvalue weighted by Gasteiger charge is 2.19. The maximum atomic E-state index is 12.3. The number of hydrogen-bond donors (Lipinski definition) is 1. The lowest BCUT2D eigenvalue weighted by atomic mass is 10.1. The molecule has 1 amide bonds. The van der Waals surface area contributed by atoms with Gasteiger partial charge in [0.2, 0.25) is 5.91 Å². The molecule has 26 heavy (non-hydrogen) atoms. The molecule has 6 heteroatoms. The van der Waals surface area contributed by atoms with Crippen LogP contribution in [0.4, 0.5) is 11.4 Å². The fourth-order valence-corrected chi connectivity index (χ4v) is 3.42. The van der Waals surface area contributed by atoms with Gasteiger partial charge in [-0.1, -0.05) is 28.1 Å². The van der Waals surface area contributed by atoms with Crippen molar-refractivity contribution in [3.05, 3.63) is 58.6 Å². The van der Waals surface area contributed by atoms with E-state index < -0.39 is 0 Å². The van der Waals surface area contributed by atoms with Crippen LogP contribution in [0.15, 0.2) is 53.0 Å². The molecule has 0 saturated carbocycles. The van der Waals surface area contributed by atoms with Crippen LogP contribution in [0.2, 0.25) is 0 Å². The number of anilines is 2. The van der Waals surface area contributed by atoms with Crippen molar-refractivity contribution in [2.75, 3.05) is 42.9 Å². The van der Waals surface area contributed by atoms with Gasteiger partial charge in [0.25, 0.3) is 0 Å². The molecule has 0 spiro atoms. The van der Waals surface area contributed by atoms with Gasteiger partial charge in [-0.3, -0.25) is 9.69 Å². The molecule has 0 aliphatic carbocycles. The summed E-state index contributed by atoms with van der Waals surface area (Å²) in [6, 6.07) is 17.5. The molecule has 1 fully saturated rings. The zero-order chi connectivity index (χ0) is 18.4. The van der Waals surface area contributed by atoms with Crippen LogP contribution in [0.25, 0.3) is 0 Å². The van der Waals surface area contributed by atoms with Crippen LogP contribution >= 0.6 is 15.9 Å². The number of halogens is 1. The second-order valence-electron chi connectivity index (χ2n) is 6.30. The molecular formula is C20H21BrN4O. The van der Waals surface area contributed by atoms with Crippen LogP contribution in [0.1, 0.15) is 12.0 Å². The number of nitrogens with zero attached hydrogens (tertiary/aromatic N) is 3. The summed E-state index contributed by atoms with van der Waals surface area (Å²) in [5, 5.41) is 12.2. The molecule has 0 atom stereocenters. The van der Waals surface area contributed by atoms with Crippen LogP contribution in [-0.2, 0) is 4.79 Å². The summed E-state index contributed by atoms with van der Waals surface area (Å²) in [6.07, 6.45) is 0.964. The number of hydrogen-bond acceptors (Lipinski definition) is 4. The molecule has 3 rings (SSSR count). The van der Waals surface area contributed by atoms with Crippen LogP contribution in [0, 0.1) is 11.3 Å². The Morgan fingerprint density at radius 3 is 2.62 bits per heavy atom. The van der Waals surface area contributed by atoms with E-state index in [4.69, 9.17) is 0 Å². The van der Waals surface area contributed by atoms with Crippen molar-refractivity contribution in [2.24, 2.45) is 0 Å². The van der Waals surface area contributed by atoms with Gasteiger partial charge < -0.3 is 10.2 Å². The Kier molecular flexibility index (Phi) is 6.26. The third-order valence-electron chi connectivity index (χ3n) is 4.45. The highest BCUT2D eigenvalue weighted by Crippen LogP contribution is 2.21. The molecule has 0 unspecified atom stereocenters. The minimum absolute atomic E-state index is 0.00167. The van der Waals surface area contributed by atoms with E-state index in [1.54, 1.807) is 0 Å². The molecular weight excluding hydrogens is 392 g/mol. The number of carbonyl (C=O) groups excluding carboxylic acids is 1. The molecule has 2 aromatic rings. The summed E-state index contributed by atoms with van der Waals surface area (Å²) in [7, 11) is 0. The van der Waals surface area contributed by atoms with Gasteiger partial charge in [0.05, 0.1) is 17.8 Å². The lowest BCUT2D eigenvalue weighted by Gasteiger charge is -2.24. The van der Waals surface area contributed by atoms with Crippen molar-refractivity contribution in [3.8, 4) is 6.07 Å². The molecule has 1 saturated heterocycles. The minimum Gasteiger partial charge on any atom is -0.369 e. The molecule has 1 heterocycles. The third-order valence-corrected chi connectivity index (χ3v) is 4.98. The van der Waals surface area contributed by atoms with E-state index in [1.165, 1.54) is 0 Å². The Morgan fingerprint density at radius 2 is 1.85 bits per heavy atom. The lowest BCUT2D eigenvalue weighted by Crippen LogP contribution is -2.36. The first-order chi connectivity index (χ1) is 12.7. The number of nitrogens with one attached hydrogen (secondary N) is 1. The van der Waals surface area contributed by atoms with E-state index in [-0.39, 0.29) is 5.91 Å². The maximum absolute atomic E-state index is 12.3. The van der Waals surface area contributed by atoms with Crippen molar-refractivity contribution in [1.82, 2.24) is 4.90 Å². The molecule has 1 aliphatic heterocycles. The predicted octanol–water partition coefficient (Wildman–Crippen LogP) is 3.47. The monoisotopic (exact) mass is 412 g/mol. The first kappa shape index (κ1) is 18.4. The van der Waals surface area contributed by atoms with Crippen molar-refractivity contribution < 1.29 is 4.79 Å². The number of nitriles is 1. The second kappa shape index (κ2) is 8.84. The van der Waals surface area contributed by atoms with Gasteiger partial charge in [0.15, 0.2) is 0 Å². The minimum atomic E-state index is -0.00167. The van der Waals surface area contributed by atoms with Crippen molar-refractivity contribution in [1.29, 1.82) is 5.26 Å². The van der Waals surface area contributed by atoms with Gasteiger partial charge in [0.1, 0.15) is 6.07 Å². The van der Waals surface area contributed by atoms with Gasteiger partial charge in [0, 0.05) is 36.3 Å². The van der Waals surface area contributed by atoms with E-state index in [9.17, 15) is 10.1 Å². The standard InChI is InChI=1S/C20H21BrN4O/c21-17-6-8-18(9-7-17)23-20(26)15-24-10-3-11-25(13-12-24)19-5-2-1-4-16(19)14-22/h1-2,4-9H,3,10-13,15H2,(H,23,26). The lowest BCUT2D eigenvalue weighted by molar-refractivity contribution is -0.117. The highest BCUT2D eigenvalue weighted by molar-refractivity contribution is 9.10.